The highest BCUT2D eigenvalue weighted by Gasteiger charge is 2.55. The van der Waals surface area contributed by atoms with Crippen molar-refractivity contribution in [2.24, 2.45) is 5.92 Å². The molecule has 118 valence electrons. The molecule has 2 N–H and O–H groups in total. The Morgan fingerprint density at radius 3 is 2.95 bits per heavy atom. The number of amides is 1. The monoisotopic (exact) mass is 327 g/mol. The maximum atomic E-state index is 11.9. The highest BCUT2D eigenvalue weighted by Crippen LogP contribution is 2.50. The number of nitrogens with zero attached hydrogens (tertiary/aromatic N) is 5. The summed E-state index contributed by atoms with van der Waals surface area (Å²) in [6, 6.07) is 0. The first-order chi connectivity index (χ1) is 10.6. The van der Waals surface area contributed by atoms with Gasteiger partial charge < -0.3 is 14.9 Å². The summed E-state index contributed by atoms with van der Waals surface area (Å²) in [6.07, 6.45) is 1.22. The van der Waals surface area contributed by atoms with Crippen molar-refractivity contribution in [2.75, 3.05) is 6.61 Å². The smallest absolute Gasteiger partial charge is 0.449 e. The number of ether oxygens (including phenoxy) is 1. The SMILES string of the molecule is O=C(O)OC1=C(CCCn2cnnn2)S[C@@H]2[C@@H](CO)C(=O)N12. The predicted molar refractivity (Wildman–Crippen MR) is 72.0 cm³/mol. The quantitative estimate of drug-likeness (QED) is 0.540. The molecule has 2 atom stereocenters. The van der Waals surface area contributed by atoms with Crippen LogP contribution in [0.1, 0.15) is 12.8 Å². The van der Waals surface area contributed by atoms with E-state index >= 15 is 0 Å². The minimum Gasteiger partial charge on any atom is -0.449 e. The maximum Gasteiger partial charge on any atom is 0.512 e. The number of aromatic nitrogens is 4. The van der Waals surface area contributed by atoms with Gasteiger partial charge >= 0.3 is 6.16 Å². The fraction of sp³-hybridized carbons (Fsp3) is 0.545. The van der Waals surface area contributed by atoms with E-state index in [1.54, 1.807) is 4.68 Å². The van der Waals surface area contributed by atoms with Crippen molar-refractivity contribution >= 4 is 23.8 Å². The van der Waals surface area contributed by atoms with Gasteiger partial charge in [0.05, 0.1) is 12.5 Å². The second-order valence-corrected chi connectivity index (χ2v) is 5.99. The zero-order valence-electron chi connectivity index (χ0n) is 11.3. The van der Waals surface area contributed by atoms with Gasteiger partial charge in [0.1, 0.15) is 11.7 Å². The average Bonchev–Trinajstić information content (AvgIpc) is 3.06. The number of rotatable bonds is 6. The van der Waals surface area contributed by atoms with Crippen molar-refractivity contribution in [1.82, 2.24) is 25.1 Å². The fourth-order valence-corrected chi connectivity index (χ4v) is 3.88. The lowest BCUT2D eigenvalue weighted by Crippen LogP contribution is -2.58. The molecule has 10 nitrogen and oxygen atoms in total. The number of carbonyl (C=O) groups is 2. The highest BCUT2D eigenvalue weighted by atomic mass is 32.2. The molecule has 1 fully saturated rings. The molecule has 2 aliphatic heterocycles. The number of aliphatic hydroxyl groups is 1. The normalized spacial score (nSPS) is 23.5. The molecular formula is C11H13N5O5S. The first-order valence-electron chi connectivity index (χ1n) is 6.57. The van der Waals surface area contributed by atoms with Crippen LogP contribution in [0.4, 0.5) is 4.79 Å². The van der Waals surface area contributed by atoms with Crippen molar-refractivity contribution < 1.29 is 24.5 Å². The van der Waals surface area contributed by atoms with E-state index < -0.39 is 12.1 Å². The van der Waals surface area contributed by atoms with Crippen molar-refractivity contribution in [1.29, 1.82) is 0 Å². The first-order valence-corrected chi connectivity index (χ1v) is 7.45. The third-order valence-corrected chi connectivity index (χ3v) is 4.88. The lowest BCUT2D eigenvalue weighted by molar-refractivity contribution is -0.151. The van der Waals surface area contributed by atoms with E-state index in [9.17, 15) is 14.7 Å². The van der Waals surface area contributed by atoms with Gasteiger partial charge in [-0.05, 0) is 23.3 Å². The highest BCUT2D eigenvalue weighted by molar-refractivity contribution is 8.04. The van der Waals surface area contributed by atoms with Crippen molar-refractivity contribution in [2.45, 2.75) is 24.8 Å². The Morgan fingerprint density at radius 2 is 2.32 bits per heavy atom. The number of tetrazole rings is 1. The van der Waals surface area contributed by atoms with Crippen LogP contribution in [0.2, 0.25) is 0 Å². The van der Waals surface area contributed by atoms with Gasteiger partial charge in [0.2, 0.25) is 11.8 Å². The molecule has 0 unspecified atom stereocenters. The minimum atomic E-state index is -1.46. The number of carbonyl (C=O) groups excluding carboxylic acids is 1. The summed E-state index contributed by atoms with van der Waals surface area (Å²) in [5.74, 6) is -0.755. The van der Waals surface area contributed by atoms with Gasteiger partial charge in [0.15, 0.2) is 0 Å². The summed E-state index contributed by atoms with van der Waals surface area (Å²) in [6.45, 7) is 0.310. The number of aliphatic hydroxyl groups excluding tert-OH is 1. The number of β-lactam (4-membered cyclic amide) rings is 1. The lowest BCUT2D eigenvalue weighted by atomic mass is 10.00. The molecule has 1 aromatic heterocycles. The number of hydrogen-bond acceptors (Lipinski definition) is 8. The molecule has 3 rings (SSSR count). The Hall–Kier alpha value is -2.14. The van der Waals surface area contributed by atoms with E-state index in [1.807, 2.05) is 0 Å². The second kappa shape index (κ2) is 5.93. The summed E-state index contributed by atoms with van der Waals surface area (Å²) in [5.41, 5.74) is 0. The fourth-order valence-electron chi connectivity index (χ4n) is 2.41. The van der Waals surface area contributed by atoms with Crippen molar-refractivity contribution in [3.63, 3.8) is 0 Å². The number of fused-ring (bicyclic) bond motifs is 1. The molecule has 0 aromatic carbocycles. The molecule has 0 spiro atoms. The number of thioether (sulfide) groups is 1. The molecule has 11 heteroatoms. The summed E-state index contributed by atoms with van der Waals surface area (Å²) in [5, 5.41) is 28.5. The Balaban J connectivity index is 1.68. The van der Waals surface area contributed by atoms with Gasteiger partial charge in [-0.1, -0.05) is 11.8 Å². The lowest BCUT2D eigenvalue weighted by Gasteiger charge is -2.40. The Labute approximate surface area is 128 Å². The summed E-state index contributed by atoms with van der Waals surface area (Å²) < 4.78 is 6.32. The van der Waals surface area contributed by atoms with Gasteiger partial charge in [0, 0.05) is 11.4 Å². The van der Waals surface area contributed by atoms with Crippen LogP contribution in [0.3, 0.4) is 0 Å². The number of allylic oxidation sites excluding steroid dienone is 1. The van der Waals surface area contributed by atoms with E-state index in [2.05, 4.69) is 15.5 Å². The predicted octanol–water partition coefficient (Wildman–Crippen LogP) is -0.159. The number of carboxylic acid groups (broad SMARTS) is 1. The average molecular weight is 327 g/mol. The standard InChI is InChI=1S/C11H13N5O5S/c17-4-6-8(18)16-9(21-11(19)20)7(22-10(6)16)2-1-3-15-5-12-13-14-15/h5-6,10,17H,1-4H2,(H,19,20)/t6-,10+/m0/s1. The zero-order chi connectivity index (χ0) is 15.7. The van der Waals surface area contributed by atoms with E-state index in [1.165, 1.54) is 23.0 Å². The molecule has 1 saturated heterocycles. The number of hydrogen-bond donors (Lipinski definition) is 2. The topological polar surface area (TPSA) is 131 Å². The third kappa shape index (κ3) is 2.52. The van der Waals surface area contributed by atoms with Crippen LogP contribution < -0.4 is 0 Å². The molecule has 0 bridgehead atoms. The van der Waals surface area contributed by atoms with Gasteiger partial charge in [0.25, 0.3) is 0 Å². The molecule has 1 amide bonds. The Bertz CT molecular complexity index is 618. The summed E-state index contributed by atoms with van der Waals surface area (Å²) in [4.78, 5) is 24.7. The molecule has 0 saturated carbocycles. The molecule has 1 aromatic rings. The van der Waals surface area contributed by atoms with Crippen LogP contribution in [-0.2, 0) is 16.1 Å². The van der Waals surface area contributed by atoms with Crippen LogP contribution in [0, 0.1) is 5.92 Å². The van der Waals surface area contributed by atoms with Gasteiger partial charge in [-0.25, -0.2) is 9.48 Å². The third-order valence-electron chi connectivity index (χ3n) is 3.44. The zero-order valence-corrected chi connectivity index (χ0v) is 12.1. The Morgan fingerprint density at radius 1 is 1.50 bits per heavy atom. The minimum absolute atomic E-state index is 0.0638. The van der Waals surface area contributed by atoms with Crippen molar-refractivity contribution in [3.05, 3.63) is 17.1 Å². The first kappa shape index (κ1) is 14.8. The molecule has 22 heavy (non-hydrogen) atoms. The van der Waals surface area contributed by atoms with E-state index in [0.717, 1.165) is 0 Å². The molecule has 0 radical (unpaired) electrons. The van der Waals surface area contributed by atoms with Gasteiger partial charge in [-0.3, -0.25) is 9.69 Å². The van der Waals surface area contributed by atoms with Crippen LogP contribution in [0.15, 0.2) is 17.1 Å². The van der Waals surface area contributed by atoms with E-state index in [-0.39, 0.29) is 23.8 Å². The van der Waals surface area contributed by atoms with Crippen LogP contribution in [-0.4, -0.2) is 59.4 Å². The van der Waals surface area contributed by atoms with Gasteiger partial charge in [-0.2, -0.15) is 0 Å². The maximum absolute atomic E-state index is 11.9. The van der Waals surface area contributed by atoms with Crippen LogP contribution >= 0.6 is 11.8 Å². The van der Waals surface area contributed by atoms with Crippen LogP contribution in [0.5, 0.6) is 0 Å². The molecule has 3 heterocycles. The van der Waals surface area contributed by atoms with Crippen molar-refractivity contribution in [3.8, 4) is 0 Å². The van der Waals surface area contributed by atoms with Gasteiger partial charge in [-0.15, -0.1) is 5.10 Å². The van der Waals surface area contributed by atoms with Crippen LogP contribution in [0.25, 0.3) is 0 Å². The second-order valence-electron chi connectivity index (χ2n) is 4.78. The van der Waals surface area contributed by atoms with E-state index in [0.29, 0.717) is 24.3 Å². The molecule has 2 aliphatic rings. The largest absolute Gasteiger partial charge is 0.512 e. The number of aryl methyl sites for hydroxylation is 1. The molecule has 0 aliphatic carbocycles. The molecular weight excluding hydrogens is 314 g/mol. The van der Waals surface area contributed by atoms with E-state index in [4.69, 9.17) is 9.84 Å². The summed E-state index contributed by atoms with van der Waals surface area (Å²) >= 11 is 1.36. The Kier molecular flexibility index (Phi) is 3.98. The summed E-state index contributed by atoms with van der Waals surface area (Å²) in [7, 11) is 0.